The first-order chi connectivity index (χ1) is 13.4. The van der Waals surface area contributed by atoms with Gasteiger partial charge in [0.25, 0.3) is 5.89 Å². The molecule has 0 atom stereocenters. The summed E-state index contributed by atoms with van der Waals surface area (Å²) in [5, 5.41) is 5.27. The minimum absolute atomic E-state index is 0.185. The van der Waals surface area contributed by atoms with Gasteiger partial charge in [-0.25, -0.2) is 13.4 Å². The lowest BCUT2D eigenvalue weighted by Gasteiger charge is -2.18. The van der Waals surface area contributed by atoms with Crippen molar-refractivity contribution < 1.29 is 12.9 Å². The van der Waals surface area contributed by atoms with Crippen LogP contribution in [-0.4, -0.2) is 40.9 Å². The first-order valence-electron chi connectivity index (χ1n) is 8.61. The van der Waals surface area contributed by atoms with Gasteiger partial charge in [-0.05, 0) is 36.4 Å². The monoisotopic (exact) mass is 438 g/mol. The van der Waals surface area contributed by atoms with Crippen molar-refractivity contribution in [2.45, 2.75) is 29.5 Å². The molecule has 0 saturated carbocycles. The predicted octanol–water partition coefficient (Wildman–Crippen LogP) is 4.11. The van der Waals surface area contributed by atoms with Gasteiger partial charge in [0.2, 0.25) is 10.0 Å². The van der Waals surface area contributed by atoms with Crippen molar-refractivity contribution in [2.24, 2.45) is 0 Å². The largest absolute Gasteiger partial charge is 0.334 e. The number of nitrogens with zero attached hydrogens (tertiary/aromatic N) is 4. The summed E-state index contributed by atoms with van der Waals surface area (Å²) >= 11 is 7.28. The van der Waals surface area contributed by atoms with Crippen molar-refractivity contribution in [3.05, 3.63) is 53.4 Å². The van der Waals surface area contributed by atoms with E-state index >= 15 is 0 Å². The Balaban J connectivity index is 1.65. The van der Waals surface area contributed by atoms with E-state index in [-0.39, 0.29) is 4.90 Å². The van der Waals surface area contributed by atoms with Crippen LogP contribution in [0.1, 0.15) is 19.7 Å². The molecule has 0 bridgehead atoms. The van der Waals surface area contributed by atoms with Gasteiger partial charge in [0.15, 0.2) is 5.82 Å². The normalized spacial score (nSPS) is 11.9. The summed E-state index contributed by atoms with van der Waals surface area (Å²) < 4.78 is 31.6. The quantitative estimate of drug-likeness (QED) is 0.489. The lowest BCUT2D eigenvalue weighted by Crippen LogP contribution is -2.30. The Morgan fingerprint density at radius 3 is 2.43 bits per heavy atom. The first kappa shape index (κ1) is 20.8. The molecule has 3 aromatic rings. The molecule has 0 saturated heterocycles. The van der Waals surface area contributed by atoms with E-state index in [1.807, 2.05) is 26.0 Å². The fourth-order valence-corrected chi connectivity index (χ4v) is 4.69. The Hall–Kier alpha value is -1.94. The zero-order valence-corrected chi connectivity index (χ0v) is 17.8. The van der Waals surface area contributed by atoms with Gasteiger partial charge < -0.3 is 4.52 Å². The van der Waals surface area contributed by atoms with Gasteiger partial charge in [-0.2, -0.15) is 9.29 Å². The van der Waals surface area contributed by atoms with Crippen LogP contribution in [0.3, 0.4) is 0 Å². The highest BCUT2D eigenvalue weighted by molar-refractivity contribution is 7.98. The van der Waals surface area contributed by atoms with E-state index in [0.29, 0.717) is 40.6 Å². The number of sulfonamides is 1. The van der Waals surface area contributed by atoms with E-state index in [1.54, 1.807) is 24.3 Å². The summed E-state index contributed by atoms with van der Waals surface area (Å²) in [5.41, 5.74) is 0.789. The van der Waals surface area contributed by atoms with E-state index in [9.17, 15) is 8.42 Å². The van der Waals surface area contributed by atoms with E-state index in [0.717, 1.165) is 5.56 Å². The number of thioether (sulfide) groups is 1. The molecule has 0 aliphatic carbocycles. The Morgan fingerprint density at radius 2 is 1.82 bits per heavy atom. The van der Waals surface area contributed by atoms with Gasteiger partial charge in [-0.1, -0.05) is 42.4 Å². The van der Waals surface area contributed by atoms with Crippen molar-refractivity contribution in [1.29, 1.82) is 0 Å². The SMILES string of the molecule is CCN(CC)S(=O)(=O)c1ccc(SCc2noc(-c3ccc(Cl)cc3)n2)nc1. The summed E-state index contributed by atoms with van der Waals surface area (Å²) in [6.45, 7) is 4.45. The Labute approximate surface area is 173 Å². The van der Waals surface area contributed by atoms with Crippen molar-refractivity contribution in [2.75, 3.05) is 13.1 Å². The highest BCUT2D eigenvalue weighted by Crippen LogP contribution is 2.24. The molecule has 0 aliphatic rings. The van der Waals surface area contributed by atoms with Crippen molar-refractivity contribution in [1.82, 2.24) is 19.4 Å². The van der Waals surface area contributed by atoms with Gasteiger partial charge in [0.05, 0.1) is 10.8 Å². The lowest BCUT2D eigenvalue weighted by atomic mass is 10.2. The van der Waals surface area contributed by atoms with E-state index in [4.69, 9.17) is 16.1 Å². The maximum Gasteiger partial charge on any atom is 0.257 e. The summed E-state index contributed by atoms with van der Waals surface area (Å²) in [4.78, 5) is 8.78. The number of hydrogen-bond acceptors (Lipinski definition) is 7. The Kier molecular flexibility index (Phi) is 6.71. The number of halogens is 1. The molecular weight excluding hydrogens is 420 g/mol. The molecule has 10 heteroatoms. The average Bonchev–Trinajstić information content (AvgIpc) is 3.17. The Morgan fingerprint density at radius 1 is 1.11 bits per heavy atom. The molecule has 2 heterocycles. The number of rotatable bonds is 8. The minimum Gasteiger partial charge on any atom is -0.334 e. The fourth-order valence-electron chi connectivity index (χ4n) is 2.48. The van der Waals surface area contributed by atoms with Crippen LogP contribution in [0.4, 0.5) is 0 Å². The van der Waals surface area contributed by atoms with Crippen LogP contribution in [0.15, 0.2) is 57.0 Å². The predicted molar refractivity (Wildman–Crippen MR) is 109 cm³/mol. The smallest absolute Gasteiger partial charge is 0.257 e. The van der Waals surface area contributed by atoms with Gasteiger partial charge in [-0.3, -0.25) is 0 Å². The molecule has 0 fully saturated rings. The molecule has 0 aliphatic heterocycles. The number of aromatic nitrogens is 3. The molecule has 7 nitrogen and oxygen atoms in total. The molecule has 0 spiro atoms. The molecular formula is C18H19ClN4O3S2. The van der Waals surface area contributed by atoms with Gasteiger partial charge in [0, 0.05) is 29.9 Å². The van der Waals surface area contributed by atoms with Gasteiger partial charge in [0.1, 0.15) is 4.90 Å². The zero-order valence-electron chi connectivity index (χ0n) is 15.4. The molecule has 1 aromatic carbocycles. The van der Waals surface area contributed by atoms with E-state index < -0.39 is 10.0 Å². The highest BCUT2D eigenvalue weighted by Gasteiger charge is 2.21. The molecule has 0 amide bonds. The van der Waals surface area contributed by atoms with Gasteiger partial charge in [-0.15, -0.1) is 0 Å². The van der Waals surface area contributed by atoms with E-state index in [1.165, 1.54) is 22.3 Å². The second-order valence-corrected chi connectivity index (χ2v) is 9.10. The average molecular weight is 439 g/mol. The Bertz CT molecular complexity index is 1020. The topological polar surface area (TPSA) is 89.2 Å². The maximum absolute atomic E-state index is 12.5. The number of benzene rings is 1. The van der Waals surface area contributed by atoms with Crippen LogP contribution < -0.4 is 0 Å². The molecule has 3 rings (SSSR count). The number of pyridine rings is 1. The van der Waals surface area contributed by atoms with Crippen molar-refractivity contribution >= 4 is 33.4 Å². The summed E-state index contributed by atoms with van der Waals surface area (Å²) in [5.74, 6) is 1.39. The van der Waals surface area contributed by atoms with Crippen molar-refractivity contribution in [3.8, 4) is 11.5 Å². The molecule has 148 valence electrons. The zero-order chi connectivity index (χ0) is 20.1. The third-order valence-corrected chi connectivity index (χ3v) is 7.19. The standard InChI is InChI=1S/C18H19ClN4O3S2/c1-3-23(4-2)28(24,25)15-9-10-17(20-11-15)27-12-16-21-18(26-22-16)13-5-7-14(19)8-6-13/h5-11H,3-4,12H2,1-2H3. The summed E-state index contributed by atoms with van der Waals surface area (Å²) in [6.07, 6.45) is 1.38. The maximum atomic E-state index is 12.5. The third kappa shape index (κ3) is 4.72. The van der Waals surface area contributed by atoms with Gasteiger partial charge >= 0.3 is 0 Å². The van der Waals surface area contributed by atoms with Crippen LogP contribution in [-0.2, 0) is 15.8 Å². The highest BCUT2D eigenvalue weighted by atomic mass is 35.5. The third-order valence-electron chi connectivity index (χ3n) is 3.96. The molecule has 28 heavy (non-hydrogen) atoms. The van der Waals surface area contributed by atoms with Crippen LogP contribution in [0, 0.1) is 0 Å². The van der Waals surface area contributed by atoms with Crippen LogP contribution in [0.2, 0.25) is 5.02 Å². The van der Waals surface area contributed by atoms with Crippen LogP contribution >= 0.6 is 23.4 Å². The molecule has 0 N–H and O–H groups in total. The summed E-state index contributed by atoms with van der Waals surface area (Å²) in [7, 11) is -3.50. The molecule has 0 radical (unpaired) electrons. The second kappa shape index (κ2) is 9.04. The lowest BCUT2D eigenvalue weighted by molar-refractivity contribution is 0.425. The minimum atomic E-state index is -3.50. The van der Waals surface area contributed by atoms with Crippen LogP contribution in [0.25, 0.3) is 11.5 Å². The van der Waals surface area contributed by atoms with Crippen molar-refractivity contribution in [3.63, 3.8) is 0 Å². The summed E-state index contributed by atoms with van der Waals surface area (Å²) in [6, 6.07) is 10.4. The van der Waals surface area contributed by atoms with Crippen LogP contribution in [0.5, 0.6) is 0 Å². The first-order valence-corrected chi connectivity index (χ1v) is 11.4. The number of hydrogen-bond donors (Lipinski definition) is 0. The molecule has 0 unspecified atom stereocenters. The fraction of sp³-hybridized carbons (Fsp3) is 0.278. The second-order valence-electron chi connectivity index (χ2n) is 5.73. The molecule has 2 aromatic heterocycles. The van der Waals surface area contributed by atoms with E-state index in [2.05, 4.69) is 15.1 Å².